The van der Waals surface area contributed by atoms with Crippen LogP contribution in [0.4, 0.5) is 5.82 Å². The minimum absolute atomic E-state index is 0.0829. The number of imidazole rings is 1. The molecule has 0 atom stereocenters. The second-order valence-corrected chi connectivity index (χ2v) is 6.57. The highest BCUT2D eigenvalue weighted by molar-refractivity contribution is 7.89. The van der Waals surface area contributed by atoms with E-state index in [1.54, 1.807) is 11.4 Å². The highest BCUT2D eigenvalue weighted by atomic mass is 32.2. The first-order valence-electron chi connectivity index (χ1n) is 6.30. The fourth-order valence-corrected chi connectivity index (χ4v) is 4.04. The van der Waals surface area contributed by atoms with Crippen molar-refractivity contribution in [1.82, 2.24) is 13.9 Å². The smallest absolute Gasteiger partial charge is 0.262 e. The van der Waals surface area contributed by atoms with Gasteiger partial charge in [-0.05, 0) is 12.8 Å². The maximum absolute atomic E-state index is 12.5. The van der Waals surface area contributed by atoms with Crippen LogP contribution >= 0.6 is 0 Å². The van der Waals surface area contributed by atoms with Gasteiger partial charge >= 0.3 is 0 Å². The summed E-state index contributed by atoms with van der Waals surface area (Å²) in [5.41, 5.74) is 5.67. The Morgan fingerprint density at radius 3 is 2.22 bits per heavy atom. The molecule has 1 aliphatic rings. The average Bonchev–Trinajstić information content (AvgIpc) is 2.57. The van der Waals surface area contributed by atoms with Gasteiger partial charge in [0.1, 0.15) is 0 Å². The highest BCUT2D eigenvalue weighted by Gasteiger charge is 2.29. The molecule has 18 heavy (non-hydrogen) atoms. The van der Waals surface area contributed by atoms with Gasteiger partial charge in [0.2, 0.25) is 0 Å². The molecule has 0 unspecified atom stereocenters. The molecule has 1 fully saturated rings. The van der Waals surface area contributed by atoms with Gasteiger partial charge in [0.15, 0.2) is 10.8 Å². The molecule has 6 nitrogen and oxygen atoms in total. The summed E-state index contributed by atoms with van der Waals surface area (Å²) in [5, 5.41) is 0.114. The molecule has 2 N–H and O–H groups in total. The van der Waals surface area contributed by atoms with Gasteiger partial charge in [-0.2, -0.15) is 4.31 Å². The van der Waals surface area contributed by atoms with E-state index in [1.165, 1.54) is 17.3 Å². The number of rotatable bonds is 2. The Labute approximate surface area is 108 Å². The summed E-state index contributed by atoms with van der Waals surface area (Å²) in [4.78, 5) is 3.85. The number of nitrogens with zero attached hydrogens (tertiary/aromatic N) is 3. The molecule has 0 aliphatic carbocycles. The maximum Gasteiger partial charge on any atom is 0.262 e. The van der Waals surface area contributed by atoms with Crippen LogP contribution in [0.2, 0.25) is 0 Å². The van der Waals surface area contributed by atoms with Crippen molar-refractivity contribution in [3.63, 3.8) is 0 Å². The number of aryl methyl sites for hydroxylation is 1. The van der Waals surface area contributed by atoms with E-state index in [-0.39, 0.29) is 10.8 Å². The molecule has 2 rings (SSSR count). The van der Waals surface area contributed by atoms with Crippen molar-refractivity contribution in [3.05, 3.63) is 6.33 Å². The molecule has 102 valence electrons. The molecule has 1 aliphatic heterocycles. The van der Waals surface area contributed by atoms with E-state index in [2.05, 4.69) is 4.98 Å². The first kappa shape index (κ1) is 13.4. The zero-order valence-corrected chi connectivity index (χ0v) is 11.5. The lowest BCUT2D eigenvalue weighted by Gasteiger charge is -2.24. The number of nitrogen functional groups attached to an aromatic ring is 1. The fourth-order valence-electron chi connectivity index (χ4n) is 2.33. The standard InChI is InChI=1S/C11H20N4O2S/c1-14-9-13-10(12)11(14)18(16,17)15-7-5-3-2-4-6-8-15/h9H,2-8,12H2,1H3. The third-order valence-corrected chi connectivity index (χ3v) is 5.34. The van der Waals surface area contributed by atoms with Gasteiger partial charge in [0.25, 0.3) is 10.0 Å². The van der Waals surface area contributed by atoms with Gasteiger partial charge in [0.05, 0.1) is 6.33 Å². The molecule has 1 aromatic rings. The Kier molecular flexibility index (Phi) is 3.91. The summed E-state index contributed by atoms with van der Waals surface area (Å²) in [6.07, 6.45) is 6.64. The number of aromatic nitrogens is 2. The Morgan fingerprint density at radius 1 is 1.17 bits per heavy atom. The zero-order valence-electron chi connectivity index (χ0n) is 10.7. The van der Waals surface area contributed by atoms with Crippen LogP contribution in [0.5, 0.6) is 0 Å². The van der Waals surface area contributed by atoms with Gasteiger partial charge in [-0.1, -0.05) is 19.3 Å². The van der Waals surface area contributed by atoms with Crippen molar-refractivity contribution >= 4 is 15.8 Å². The molecule has 0 radical (unpaired) electrons. The highest BCUT2D eigenvalue weighted by Crippen LogP contribution is 2.23. The summed E-state index contributed by atoms with van der Waals surface area (Å²) in [6, 6.07) is 0. The lowest BCUT2D eigenvalue weighted by molar-refractivity contribution is 0.362. The van der Waals surface area contributed by atoms with E-state index in [9.17, 15) is 8.42 Å². The normalized spacial score (nSPS) is 19.4. The molecule has 0 spiro atoms. The van der Waals surface area contributed by atoms with Gasteiger partial charge in [-0.3, -0.25) is 0 Å². The number of nitrogens with two attached hydrogens (primary N) is 1. The van der Waals surface area contributed by atoms with Crippen molar-refractivity contribution in [2.75, 3.05) is 18.8 Å². The number of sulfonamides is 1. The minimum atomic E-state index is -3.51. The van der Waals surface area contributed by atoms with Crippen LogP contribution in [-0.2, 0) is 17.1 Å². The van der Waals surface area contributed by atoms with E-state index in [1.807, 2.05) is 0 Å². The number of hydrogen-bond acceptors (Lipinski definition) is 4. The lowest BCUT2D eigenvalue weighted by atomic mass is 10.1. The van der Waals surface area contributed by atoms with Crippen LogP contribution < -0.4 is 5.73 Å². The molecule has 2 heterocycles. The summed E-state index contributed by atoms with van der Waals surface area (Å²) in [6.45, 7) is 1.15. The summed E-state index contributed by atoms with van der Waals surface area (Å²) in [7, 11) is -1.86. The van der Waals surface area contributed by atoms with E-state index >= 15 is 0 Å². The lowest BCUT2D eigenvalue weighted by Crippen LogP contribution is -2.35. The first-order valence-corrected chi connectivity index (χ1v) is 7.74. The second-order valence-electron chi connectivity index (χ2n) is 4.72. The Morgan fingerprint density at radius 2 is 1.72 bits per heavy atom. The van der Waals surface area contributed by atoms with E-state index in [0.717, 1.165) is 25.7 Å². The molecule has 1 saturated heterocycles. The predicted molar refractivity (Wildman–Crippen MR) is 69.5 cm³/mol. The third-order valence-electron chi connectivity index (χ3n) is 3.31. The number of anilines is 1. The van der Waals surface area contributed by atoms with Crippen LogP contribution in [0.15, 0.2) is 11.4 Å². The first-order chi connectivity index (χ1) is 8.53. The molecule has 0 saturated carbocycles. The Hall–Kier alpha value is -1.08. The molecular formula is C11H20N4O2S. The minimum Gasteiger partial charge on any atom is -0.381 e. The van der Waals surface area contributed by atoms with Gasteiger partial charge in [-0.15, -0.1) is 0 Å². The van der Waals surface area contributed by atoms with Crippen LogP contribution in [0.1, 0.15) is 32.1 Å². The van der Waals surface area contributed by atoms with E-state index in [4.69, 9.17) is 5.73 Å². The van der Waals surface area contributed by atoms with E-state index in [0.29, 0.717) is 13.1 Å². The van der Waals surface area contributed by atoms with Crippen molar-refractivity contribution in [3.8, 4) is 0 Å². The number of hydrogen-bond donors (Lipinski definition) is 1. The molecule has 7 heteroatoms. The molecule has 0 bridgehead atoms. The summed E-state index contributed by atoms with van der Waals surface area (Å²) in [5.74, 6) is 0.0829. The third kappa shape index (κ3) is 2.51. The zero-order chi connectivity index (χ0) is 13.2. The van der Waals surface area contributed by atoms with Crippen LogP contribution in [0.25, 0.3) is 0 Å². The van der Waals surface area contributed by atoms with Crippen LogP contribution in [0, 0.1) is 0 Å². The van der Waals surface area contributed by atoms with Crippen LogP contribution in [0.3, 0.4) is 0 Å². The monoisotopic (exact) mass is 272 g/mol. The Balaban J connectivity index is 2.29. The van der Waals surface area contributed by atoms with Crippen molar-refractivity contribution in [1.29, 1.82) is 0 Å². The van der Waals surface area contributed by atoms with Gasteiger partial charge in [-0.25, -0.2) is 13.4 Å². The summed E-state index contributed by atoms with van der Waals surface area (Å²) < 4.78 is 28.1. The second kappa shape index (κ2) is 5.27. The molecule has 1 aromatic heterocycles. The molecule has 0 aromatic carbocycles. The quantitative estimate of drug-likeness (QED) is 0.869. The fraction of sp³-hybridized carbons (Fsp3) is 0.727. The summed E-state index contributed by atoms with van der Waals surface area (Å²) >= 11 is 0. The van der Waals surface area contributed by atoms with Gasteiger partial charge < -0.3 is 10.3 Å². The van der Waals surface area contributed by atoms with Crippen molar-refractivity contribution in [2.24, 2.45) is 7.05 Å². The topological polar surface area (TPSA) is 81.2 Å². The largest absolute Gasteiger partial charge is 0.381 e. The van der Waals surface area contributed by atoms with Crippen molar-refractivity contribution in [2.45, 2.75) is 37.1 Å². The van der Waals surface area contributed by atoms with Crippen molar-refractivity contribution < 1.29 is 8.42 Å². The SMILES string of the molecule is Cn1cnc(N)c1S(=O)(=O)N1CCCCCCC1. The van der Waals surface area contributed by atoms with Crippen LogP contribution in [-0.4, -0.2) is 35.4 Å². The van der Waals surface area contributed by atoms with E-state index < -0.39 is 10.0 Å². The van der Waals surface area contributed by atoms with Gasteiger partial charge in [0, 0.05) is 20.1 Å². The predicted octanol–water partition coefficient (Wildman–Crippen LogP) is 0.957. The maximum atomic E-state index is 12.5. The Bertz CT molecular complexity index is 482. The molecular weight excluding hydrogens is 252 g/mol. The molecule has 0 amide bonds. The average molecular weight is 272 g/mol.